The van der Waals surface area contributed by atoms with Crippen LogP contribution in [0.1, 0.15) is 43.2 Å². The SMILES string of the molecule is O=C(O)C1(c2ccncc2C(F)(F)F)CCCCC1. The second-order valence-electron chi connectivity index (χ2n) is 4.87. The number of carbonyl (C=O) groups is 1. The lowest BCUT2D eigenvalue weighted by Gasteiger charge is -2.35. The van der Waals surface area contributed by atoms with E-state index in [1.165, 1.54) is 12.3 Å². The molecule has 104 valence electrons. The van der Waals surface area contributed by atoms with Gasteiger partial charge in [-0.05, 0) is 24.5 Å². The molecular weight excluding hydrogens is 259 g/mol. The lowest BCUT2D eigenvalue weighted by atomic mass is 9.68. The zero-order valence-corrected chi connectivity index (χ0v) is 10.2. The average molecular weight is 273 g/mol. The maximum Gasteiger partial charge on any atom is 0.418 e. The molecule has 1 aromatic heterocycles. The predicted octanol–water partition coefficient (Wildman–Crippen LogP) is 3.39. The summed E-state index contributed by atoms with van der Waals surface area (Å²) in [6.07, 6.45) is -0.0217. The number of hydrogen-bond acceptors (Lipinski definition) is 2. The molecule has 1 N–H and O–H groups in total. The molecule has 0 amide bonds. The largest absolute Gasteiger partial charge is 0.481 e. The topological polar surface area (TPSA) is 50.2 Å². The molecule has 0 radical (unpaired) electrons. The van der Waals surface area contributed by atoms with Crippen molar-refractivity contribution in [2.24, 2.45) is 0 Å². The highest BCUT2D eigenvalue weighted by Crippen LogP contribution is 2.44. The van der Waals surface area contributed by atoms with Crippen LogP contribution in [-0.2, 0) is 16.4 Å². The molecule has 0 spiro atoms. The summed E-state index contributed by atoms with van der Waals surface area (Å²) in [6, 6.07) is 1.20. The number of halogens is 3. The molecule has 1 fully saturated rings. The highest BCUT2D eigenvalue weighted by Gasteiger charge is 2.47. The Morgan fingerprint density at radius 1 is 1.26 bits per heavy atom. The van der Waals surface area contributed by atoms with Crippen molar-refractivity contribution >= 4 is 5.97 Å². The maximum absolute atomic E-state index is 13.0. The fourth-order valence-electron chi connectivity index (χ4n) is 2.79. The third-order valence-corrected chi connectivity index (χ3v) is 3.76. The molecule has 6 heteroatoms. The van der Waals surface area contributed by atoms with Crippen molar-refractivity contribution in [1.29, 1.82) is 0 Å². The van der Waals surface area contributed by atoms with Crippen LogP contribution in [0.2, 0.25) is 0 Å². The van der Waals surface area contributed by atoms with Crippen LogP contribution < -0.4 is 0 Å². The Bertz CT molecular complexity index is 479. The second-order valence-corrected chi connectivity index (χ2v) is 4.87. The number of nitrogens with zero attached hydrogens (tertiary/aromatic N) is 1. The summed E-state index contributed by atoms with van der Waals surface area (Å²) in [5.41, 5.74) is -2.51. The first-order valence-electron chi connectivity index (χ1n) is 6.13. The summed E-state index contributed by atoms with van der Waals surface area (Å²) in [4.78, 5) is 15.1. The van der Waals surface area contributed by atoms with Crippen molar-refractivity contribution in [3.63, 3.8) is 0 Å². The highest BCUT2D eigenvalue weighted by molar-refractivity contribution is 5.82. The van der Waals surface area contributed by atoms with Crippen LogP contribution in [0.3, 0.4) is 0 Å². The fraction of sp³-hybridized carbons (Fsp3) is 0.538. The number of aliphatic carboxylic acids is 1. The molecule has 1 aromatic rings. The van der Waals surface area contributed by atoms with E-state index in [9.17, 15) is 23.1 Å². The van der Waals surface area contributed by atoms with Gasteiger partial charge in [0.25, 0.3) is 0 Å². The normalized spacial score (nSPS) is 19.1. The van der Waals surface area contributed by atoms with Gasteiger partial charge < -0.3 is 5.11 Å². The van der Waals surface area contributed by atoms with E-state index in [0.29, 0.717) is 19.0 Å². The van der Waals surface area contributed by atoms with Crippen molar-refractivity contribution in [1.82, 2.24) is 4.98 Å². The minimum Gasteiger partial charge on any atom is -0.481 e. The van der Waals surface area contributed by atoms with Gasteiger partial charge in [-0.2, -0.15) is 13.2 Å². The highest BCUT2D eigenvalue weighted by atomic mass is 19.4. The van der Waals surface area contributed by atoms with E-state index in [4.69, 9.17) is 0 Å². The van der Waals surface area contributed by atoms with Gasteiger partial charge in [-0.15, -0.1) is 0 Å². The molecule has 2 rings (SSSR count). The Labute approximate surface area is 108 Å². The van der Waals surface area contributed by atoms with Crippen molar-refractivity contribution in [2.75, 3.05) is 0 Å². The molecule has 0 bridgehead atoms. The summed E-state index contributed by atoms with van der Waals surface area (Å²) in [7, 11) is 0. The summed E-state index contributed by atoms with van der Waals surface area (Å²) in [5, 5.41) is 9.44. The van der Waals surface area contributed by atoms with Crippen molar-refractivity contribution in [3.8, 4) is 0 Å². The summed E-state index contributed by atoms with van der Waals surface area (Å²) < 4.78 is 39.0. The Morgan fingerprint density at radius 2 is 1.89 bits per heavy atom. The van der Waals surface area contributed by atoms with E-state index in [1.54, 1.807) is 0 Å². The number of aromatic nitrogens is 1. The zero-order valence-electron chi connectivity index (χ0n) is 10.2. The van der Waals surface area contributed by atoms with Crippen LogP contribution in [-0.4, -0.2) is 16.1 Å². The van der Waals surface area contributed by atoms with Gasteiger partial charge in [0.15, 0.2) is 0 Å². The summed E-state index contributed by atoms with van der Waals surface area (Å²) >= 11 is 0. The van der Waals surface area contributed by atoms with Gasteiger partial charge in [0, 0.05) is 12.4 Å². The molecule has 3 nitrogen and oxygen atoms in total. The molecule has 0 aliphatic heterocycles. The molecule has 1 aliphatic rings. The lowest BCUT2D eigenvalue weighted by Crippen LogP contribution is -2.39. The fourth-order valence-corrected chi connectivity index (χ4v) is 2.79. The van der Waals surface area contributed by atoms with Gasteiger partial charge in [-0.1, -0.05) is 19.3 Å². The zero-order chi connectivity index (χ0) is 14.1. The van der Waals surface area contributed by atoms with Gasteiger partial charge in [0.1, 0.15) is 0 Å². The number of carboxylic acids is 1. The van der Waals surface area contributed by atoms with E-state index in [2.05, 4.69) is 4.98 Å². The number of pyridine rings is 1. The van der Waals surface area contributed by atoms with Crippen LogP contribution in [0.4, 0.5) is 13.2 Å². The molecule has 19 heavy (non-hydrogen) atoms. The Hall–Kier alpha value is -1.59. The van der Waals surface area contributed by atoms with E-state index < -0.39 is 23.1 Å². The number of carboxylic acid groups (broad SMARTS) is 1. The predicted molar refractivity (Wildman–Crippen MR) is 61.6 cm³/mol. The van der Waals surface area contributed by atoms with Gasteiger partial charge in [-0.25, -0.2) is 0 Å². The van der Waals surface area contributed by atoms with Crippen molar-refractivity contribution < 1.29 is 23.1 Å². The third kappa shape index (κ3) is 2.43. The Balaban J connectivity index is 2.58. The van der Waals surface area contributed by atoms with Crippen molar-refractivity contribution in [3.05, 3.63) is 29.6 Å². The second kappa shape index (κ2) is 4.83. The van der Waals surface area contributed by atoms with Gasteiger partial charge in [-0.3, -0.25) is 9.78 Å². The number of alkyl halides is 3. The monoisotopic (exact) mass is 273 g/mol. The minimum atomic E-state index is -4.58. The van der Waals surface area contributed by atoms with Gasteiger partial charge >= 0.3 is 12.1 Å². The molecule has 0 saturated heterocycles. The van der Waals surface area contributed by atoms with E-state index in [-0.39, 0.29) is 18.4 Å². The van der Waals surface area contributed by atoms with Crippen molar-refractivity contribution in [2.45, 2.75) is 43.7 Å². The third-order valence-electron chi connectivity index (χ3n) is 3.76. The molecule has 0 atom stereocenters. The summed E-state index contributed by atoms with van der Waals surface area (Å²) in [5.74, 6) is -1.18. The van der Waals surface area contributed by atoms with Crippen LogP contribution >= 0.6 is 0 Å². The number of rotatable bonds is 2. The molecule has 1 saturated carbocycles. The van der Waals surface area contributed by atoms with Crippen LogP contribution in [0.5, 0.6) is 0 Å². The lowest BCUT2D eigenvalue weighted by molar-refractivity contribution is -0.147. The van der Waals surface area contributed by atoms with Crippen LogP contribution in [0, 0.1) is 0 Å². The maximum atomic E-state index is 13.0. The molecule has 1 heterocycles. The quantitative estimate of drug-likeness (QED) is 0.898. The summed E-state index contributed by atoms with van der Waals surface area (Å²) in [6.45, 7) is 0. The Morgan fingerprint density at radius 3 is 2.42 bits per heavy atom. The smallest absolute Gasteiger partial charge is 0.418 e. The molecule has 0 aromatic carbocycles. The van der Waals surface area contributed by atoms with E-state index in [1.807, 2.05) is 0 Å². The number of hydrogen-bond donors (Lipinski definition) is 1. The van der Waals surface area contributed by atoms with E-state index >= 15 is 0 Å². The van der Waals surface area contributed by atoms with Gasteiger partial charge in [0.2, 0.25) is 0 Å². The molecule has 0 unspecified atom stereocenters. The van der Waals surface area contributed by atoms with Crippen LogP contribution in [0.15, 0.2) is 18.5 Å². The minimum absolute atomic E-state index is 0.151. The average Bonchev–Trinajstić information content (AvgIpc) is 2.38. The Kier molecular flexibility index (Phi) is 3.52. The standard InChI is InChI=1S/C13H14F3NO2/c14-13(15,16)10-8-17-7-4-9(10)12(11(18)19)5-2-1-3-6-12/h4,7-8H,1-3,5-6H2,(H,18,19). The molecule has 1 aliphatic carbocycles. The van der Waals surface area contributed by atoms with Gasteiger partial charge in [0.05, 0.1) is 11.0 Å². The van der Waals surface area contributed by atoms with E-state index in [0.717, 1.165) is 6.42 Å². The van der Waals surface area contributed by atoms with Crippen LogP contribution in [0.25, 0.3) is 0 Å². The molecular formula is C13H14F3NO2. The first kappa shape index (κ1) is 13.8. The first-order valence-corrected chi connectivity index (χ1v) is 6.13. The first-order chi connectivity index (χ1) is 8.88.